The van der Waals surface area contributed by atoms with Gasteiger partial charge in [-0.2, -0.15) is 0 Å². The smallest absolute Gasteiger partial charge is 0.331 e. The number of nitrogens with one attached hydrogen (secondary N) is 2. The molecule has 0 unspecified atom stereocenters. The van der Waals surface area contributed by atoms with Crippen molar-refractivity contribution in [3.8, 4) is 0 Å². The minimum Gasteiger partial charge on any atom is -0.437 e. The monoisotopic (exact) mass is 320 g/mol. The number of rotatable bonds is 8. The Morgan fingerprint density at radius 2 is 2.09 bits per heavy atom. The van der Waals surface area contributed by atoms with Crippen LogP contribution in [0.1, 0.15) is 16.1 Å². The van der Waals surface area contributed by atoms with Crippen molar-refractivity contribution in [3.63, 3.8) is 0 Å². The molecule has 2 aromatic heterocycles. The number of nitrogens with zero attached hydrogens (tertiary/aromatic N) is 2. The van der Waals surface area contributed by atoms with Gasteiger partial charge in [0, 0.05) is 36.3 Å². The molecule has 1 atom stereocenters. The van der Waals surface area contributed by atoms with Crippen LogP contribution in [0.5, 0.6) is 0 Å². The Kier molecular flexibility index (Phi) is 6.21. The van der Waals surface area contributed by atoms with Crippen LogP contribution < -0.4 is 5.32 Å². The molecule has 3 N–H and O–H groups in total. The summed E-state index contributed by atoms with van der Waals surface area (Å²) < 4.78 is 9.40. The molecule has 122 valence electrons. The van der Waals surface area contributed by atoms with E-state index in [0.29, 0.717) is 11.3 Å². The fraction of sp³-hybridized carbons (Fsp3) is 0.286. The van der Waals surface area contributed by atoms with Crippen molar-refractivity contribution >= 4 is 11.9 Å². The Morgan fingerprint density at radius 1 is 1.30 bits per heavy atom. The first-order chi connectivity index (χ1) is 11.2. The second-order valence-corrected chi connectivity index (χ2v) is 4.46. The van der Waals surface area contributed by atoms with Gasteiger partial charge in [-0.25, -0.2) is 9.78 Å². The minimum absolute atomic E-state index is 0.175. The molecule has 0 saturated heterocycles. The van der Waals surface area contributed by atoms with Crippen LogP contribution in [-0.4, -0.2) is 51.6 Å². The lowest BCUT2D eigenvalue weighted by Crippen LogP contribution is -2.43. The number of hydrogen-bond donors (Lipinski definition) is 3. The van der Waals surface area contributed by atoms with Gasteiger partial charge < -0.3 is 24.9 Å². The summed E-state index contributed by atoms with van der Waals surface area (Å²) in [4.78, 5) is 34.8. The van der Waals surface area contributed by atoms with Crippen molar-refractivity contribution in [2.24, 2.45) is 0 Å². The number of aliphatic hydroxyl groups excluding tert-OH is 1. The minimum atomic E-state index is -0.932. The number of esters is 1. The number of imidazole rings is 1. The first-order valence-electron chi connectivity index (χ1n) is 6.74. The van der Waals surface area contributed by atoms with Crippen molar-refractivity contribution in [1.29, 1.82) is 0 Å². The lowest BCUT2D eigenvalue weighted by Gasteiger charge is -2.17. The average Bonchev–Trinajstić information content (AvgIpc) is 3.08. The second kappa shape index (κ2) is 8.61. The molecule has 23 heavy (non-hydrogen) atoms. The van der Waals surface area contributed by atoms with Gasteiger partial charge in [0.25, 0.3) is 5.91 Å². The highest BCUT2D eigenvalue weighted by Gasteiger charge is 2.24. The molecule has 0 spiro atoms. The molecular weight excluding hydrogens is 304 g/mol. The zero-order valence-electron chi connectivity index (χ0n) is 12.1. The summed E-state index contributed by atoms with van der Waals surface area (Å²) in [7, 11) is 0. The zero-order chi connectivity index (χ0) is 16.5. The second-order valence-electron chi connectivity index (χ2n) is 4.46. The number of hydrogen-bond acceptors (Lipinski definition) is 7. The summed E-state index contributed by atoms with van der Waals surface area (Å²) in [6, 6.07) is 2.13. The number of H-pyrrole nitrogens is 1. The van der Waals surface area contributed by atoms with Crippen molar-refractivity contribution < 1.29 is 24.2 Å². The van der Waals surface area contributed by atoms with Gasteiger partial charge in [-0.1, -0.05) is 0 Å². The zero-order valence-corrected chi connectivity index (χ0v) is 12.1. The third-order valence-corrected chi connectivity index (χ3v) is 2.89. The highest BCUT2D eigenvalue weighted by Crippen LogP contribution is 2.04. The van der Waals surface area contributed by atoms with E-state index in [1.807, 2.05) is 0 Å². The van der Waals surface area contributed by atoms with Gasteiger partial charge in [-0.05, 0) is 12.1 Å². The van der Waals surface area contributed by atoms with Gasteiger partial charge >= 0.3 is 5.97 Å². The third kappa shape index (κ3) is 5.16. The molecule has 0 aliphatic carbocycles. The fourth-order valence-electron chi connectivity index (χ4n) is 1.79. The van der Waals surface area contributed by atoms with Crippen LogP contribution in [-0.2, 0) is 20.7 Å². The highest BCUT2D eigenvalue weighted by atomic mass is 16.7. The predicted molar refractivity (Wildman–Crippen MR) is 76.9 cm³/mol. The van der Waals surface area contributed by atoms with Crippen LogP contribution in [0.3, 0.4) is 0 Å². The molecule has 9 heteroatoms. The van der Waals surface area contributed by atoms with Gasteiger partial charge in [0.2, 0.25) is 0 Å². The van der Waals surface area contributed by atoms with Crippen LogP contribution in [0.25, 0.3) is 0 Å². The van der Waals surface area contributed by atoms with Crippen molar-refractivity contribution in [1.82, 2.24) is 20.3 Å². The number of pyridine rings is 1. The van der Waals surface area contributed by atoms with Crippen LogP contribution >= 0.6 is 0 Å². The molecule has 2 aromatic rings. The van der Waals surface area contributed by atoms with E-state index in [1.54, 1.807) is 6.20 Å². The number of aromatic nitrogens is 3. The lowest BCUT2D eigenvalue weighted by molar-refractivity contribution is -0.165. The number of ether oxygens (including phenoxy) is 2. The maximum Gasteiger partial charge on any atom is 0.331 e. The van der Waals surface area contributed by atoms with Gasteiger partial charge in [0.15, 0.2) is 6.79 Å². The molecule has 2 rings (SSSR count). The van der Waals surface area contributed by atoms with Gasteiger partial charge in [0.05, 0.1) is 6.33 Å². The summed E-state index contributed by atoms with van der Waals surface area (Å²) in [5.41, 5.74) is 1.03. The lowest BCUT2D eigenvalue weighted by atomic mass is 10.1. The Balaban J connectivity index is 2.03. The molecule has 0 bridgehead atoms. The summed E-state index contributed by atoms with van der Waals surface area (Å²) >= 11 is 0. The van der Waals surface area contributed by atoms with Gasteiger partial charge in [-0.3, -0.25) is 9.78 Å². The number of carbonyl (C=O) groups excluding carboxylic acids is 2. The van der Waals surface area contributed by atoms with E-state index in [1.165, 1.54) is 30.9 Å². The molecule has 2 heterocycles. The summed E-state index contributed by atoms with van der Waals surface area (Å²) in [6.07, 6.45) is 6.15. The highest BCUT2D eigenvalue weighted by molar-refractivity contribution is 5.96. The molecule has 9 nitrogen and oxygen atoms in total. The van der Waals surface area contributed by atoms with Crippen LogP contribution in [0.15, 0.2) is 37.1 Å². The summed E-state index contributed by atoms with van der Waals surface area (Å²) in [5, 5.41) is 11.1. The average molecular weight is 320 g/mol. The SMILES string of the molecule is O=C(N[C@H](Cc1cnc[nH]1)C(=O)OCOCO)c1ccncc1. The predicted octanol–water partition coefficient (Wildman–Crippen LogP) is -0.387. The van der Waals surface area contributed by atoms with Gasteiger partial charge in [0.1, 0.15) is 12.8 Å². The standard InChI is InChI=1S/C14H16N4O5/c19-8-22-9-23-14(21)12(5-11-6-16-7-17-11)18-13(20)10-1-3-15-4-2-10/h1-4,6-7,12,19H,5,8-9H2,(H,16,17)(H,18,20)/t12-/m1/s1. The van der Waals surface area contributed by atoms with Crippen LogP contribution in [0.4, 0.5) is 0 Å². The number of aliphatic hydroxyl groups is 1. The van der Waals surface area contributed by atoms with Gasteiger partial charge in [-0.15, -0.1) is 0 Å². The Hall–Kier alpha value is -2.78. The van der Waals surface area contributed by atoms with E-state index in [9.17, 15) is 9.59 Å². The number of carbonyl (C=O) groups is 2. The van der Waals surface area contributed by atoms with Crippen molar-refractivity contribution in [2.45, 2.75) is 12.5 Å². The first kappa shape index (κ1) is 16.6. The fourth-order valence-corrected chi connectivity index (χ4v) is 1.79. The van der Waals surface area contributed by atoms with E-state index >= 15 is 0 Å². The third-order valence-electron chi connectivity index (χ3n) is 2.89. The molecule has 0 aliphatic rings. The first-order valence-corrected chi connectivity index (χ1v) is 6.74. The molecule has 0 aliphatic heterocycles. The molecular formula is C14H16N4O5. The maximum absolute atomic E-state index is 12.2. The van der Waals surface area contributed by atoms with E-state index in [-0.39, 0.29) is 6.42 Å². The Labute approximate surface area is 131 Å². The number of aromatic amines is 1. The summed E-state index contributed by atoms with van der Waals surface area (Å²) in [6.45, 7) is -0.970. The number of amides is 1. The van der Waals surface area contributed by atoms with Crippen LogP contribution in [0.2, 0.25) is 0 Å². The Bertz CT molecular complexity index is 617. The van der Waals surface area contributed by atoms with Crippen LogP contribution in [0, 0.1) is 0 Å². The van der Waals surface area contributed by atoms with E-state index < -0.39 is 31.5 Å². The molecule has 0 radical (unpaired) electrons. The molecule has 0 fully saturated rings. The van der Waals surface area contributed by atoms with E-state index in [4.69, 9.17) is 9.84 Å². The van der Waals surface area contributed by atoms with E-state index in [0.717, 1.165) is 0 Å². The van der Waals surface area contributed by atoms with Crippen molar-refractivity contribution in [2.75, 3.05) is 13.6 Å². The normalized spacial score (nSPS) is 11.7. The topological polar surface area (TPSA) is 126 Å². The largest absolute Gasteiger partial charge is 0.437 e. The molecule has 1 amide bonds. The van der Waals surface area contributed by atoms with Crippen molar-refractivity contribution in [3.05, 3.63) is 48.3 Å². The molecule has 0 aromatic carbocycles. The molecule has 0 saturated carbocycles. The Morgan fingerprint density at radius 3 is 2.74 bits per heavy atom. The quantitative estimate of drug-likeness (QED) is 0.343. The maximum atomic E-state index is 12.2. The van der Waals surface area contributed by atoms with E-state index in [2.05, 4.69) is 25.0 Å². The summed E-state index contributed by atoms with van der Waals surface area (Å²) in [5.74, 6) is -1.12.